The Bertz CT molecular complexity index is 413. The van der Waals surface area contributed by atoms with E-state index < -0.39 is 6.09 Å². The van der Waals surface area contributed by atoms with Crippen molar-refractivity contribution < 1.29 is 14.3 Å². The molecule has 72 valence electrons. The van der Waals surface area contributed by atoms with Crippen LogP contribution in [0.2, 0.25) is 10.0 Å². The Morgan fingerprint density at radius 1 is 1.43 bits per heavy atom. The second-order valence-corrected chi connectivity index (χ2v) is 2.99. The lowest BCUT2D eigenvalue weighted by atomic mass is 10.3. The summed E-state index contributed by atoms with van der Waals surface area (Å²) in [6.07, 6.45) is -0.0472. The first-order chi connectivity index (χ1) is 6.63. The van der Waals surface area contributed by atoms with Crippen LogP contribution in [-0.4, -0.2) is 12.2 Å². The minimum Gasteiger partial charge on any atom is -0.407 e. The van der Waals surface area contributed by atoms with Crippen LogP contribution in [0.4, 0.5) is 4.79 Å². The molecule has 1 amide bonds. The Morgan fingerprint density at radius 3 is 2.79 bits per heavy atom. The minimum absolute atomic E-state index is 0.0446. The number of ether oxygens (including phenoxy) is 1. The van der Waals surface area contributed by atoms with E-state index in [2.05, 4.69) is 9.73 Å². The lowest BCUT2D eigenvalue weighted by molar-refractivity contribution is 0.211. The molecule has 0 aliphatic rings. The van der Waals surface area contributed by atoms with E-state index in [1.165, 1.54) is 18.2 Å². The van der Waals surface area contributed by atoms with Gasteiger partial charge in [0, 0.05) is 11.1 Å². The standard InChI is InChI=1S/C8H3Cl2NO3/c9-5-1-2-6(10)7(3-5)14-8(13)11-4-12/h1-3H. The number of hydrogen-bond donors (Lipinski definition) is 0. The minimum atomic E-state index is -1.09. The average Bonchev–Trinajstić information content (AvgIpc) is 2.12. The normalized spacial score (nSPS) is 9.00. The molecule has 1 aromatic carbocycles. The summed E-state index contributed by atoms with van der Waals surface area (Å²) in [6.45, 7) is 0. The molecule has 0 aliphatic heterocycles. The molecule has 6 heteroatoms. The maximum absolute atomic E-state index is 10.7. The average molecular weight is 232 g/mol. The highest BCUT2D eigenvalue weighted by atomic mass is 35.5. The van der Waals surface area contributed by atoms with Crippen LogP contribution in [0, 0.1) is 0 Å². The Balaban J connectivity index is 2.90. The summed E-state index contributed by atoms with van der Waals surface area (Å²) in [4.78, 5) is 23.2. The SMILES string of the molecule is O=C=NC(=O)Oc1cc(Cl)ccc1Cl. The van der Waals surface area contributed by atoms with Crippen LogP contribution in [0.15, 0.2) is 23.2 Å². The van der Waals surface area contributed by atoms with Gasteiger partial charge in [-0.05, 0) is 12.1 Å². The van der Waals surface area contributed by atoms with Crippen molar-refractivity contribution in [2.45, 2.75) is 0 Å². The fourth-order valence-corrected chi connectivity index (χ4v) is 1.03. The number of nitrogens with zero attached hydrogens (tertiary/aromatic N) is 1. The number of rotatable bonds is 1. The predicted molar refractivity (Wildman–Crippen MR) is 50.6 cm³/mol. The first kappa shape index (κ1) is 10.7. The summed E-state index contributed by atoms with van der Waals surface area (Å²) < 4.78 is 4.58. The third kappa shape index (κ3) is 2.85. The summed E-state index contributed by atoms with van der Waals surface area (Å²) in [5.41, 5.74) is 0. The maximum atomic E-state index is 10.7. The molecule has 1 aromatic rings. The third-order valence-corrected chi connectivity index (χ3v) is 1.77. The van der Waals surface area contributed by atoms with E-state index in [0.717, 1.165) is 6.08 Å². The quantitative estimate of drug-likeness (QED) is 0.552. The topological polar surface area (TPSA) is 55.7 Å². The van der Waals surface area contributed by atoms with Gasteiger partial charge in [0.25, 0.3) is 0 Å². The molecule has 0 bridgehead atoms. The Hall–Kier alpha value is -1.35. The van der Waals surface area contributed by atoms with Crippen LogP contribution in [0.25, 0.3) is 0 Å². The van der Waals surface area contributed by atoms with Gasteiger partial charge in [-0.2, -0.15) is 0 Å². The Kier molecular flexibility index (Phi) is 3.65. The van der Waals surface area contributed by atoms with Crippen molar-refractivity contribution in [3.8, 4) is 5.75 Å². The lowest BCUT2D eigenvalue weighted by Crippen LogP contribution is -2.01. The molecule has 1 rings (SSSR count). The summed E-state index contributed by atoms with van der Waals surface area (Å²) in [6, 6.07) is 4.32. The van der Waals surface area contributed by atoms with Crippen molar-refractivity contribution in [1.29, 1.82) is 0 Å². The molecule has 0 N–H and O–H groups in total. The fraction of sp³-hybridized carbons (Fsp3) is 0. The highest BCUT2D eigenvalue weighted by Gasteiger charge is 2.07. The van der Waals surface area contributed by atoms with E-state index >= 15 is 0 Å². The van der Waals surface area contributed by atoms with E-state index in [4.69, 9.17) is 23.2 Å². The zero-order valence-corrected chi connectivity index (χ0v) is 8.17. The van der Waals surface area contributed by atoms with Gasteiger partial charge in [0.2, 0.25) is 6.08 Å². The van der Waals surface area contributed by atoms with Crippen molar-refractivity contribution in [1.82, 2.24) is 0 Å². The van der Waals surface area contributed by atoms with Crippen molar-refractivity contribution in [3.05, 3.63) is 28.2 Å². The zero-order valence-electron chi connectivity index (χ0n) is 6.66. The van der Waals surface area contributed by atoms with Crippen LogP contribution in [0.5, 0.6) is 5.75 Å². The summed E-state index contributed by atoms with van der Waals surface area (Å²) >= 11 is 11.3. The summed E-state index contributed by atoms with van der Waals surface area (Å²) in [5.74, 6) is 0.0446. The number of amides is 1. The van der Waals surface area contributed by atoms with Gasteiger partial charge in [-0.1, -0.05) is 28.2 Å². The van der Waals surface area contributed by atoms with Gasteiger partial charge in [0.05, 0.1) is 5.02 Å². The van der Waals surface area contributed by atoms with Crippen molar-refractivity contribution in [2.75, 3.05) is 0 Å². The molecule has 0 heterocycles. The molecule has 14 heavy (non-hydrogen) atoms. The first-order valence-corrected chi connectivity index (χ1v) is 4.14. The van der Waals surface area contributed by atoms with Crippen LogP contribution >= 0.6 is 23.2 Å². The van der Waals surface area contributed by atoms with Gasteiger partial charge in [0.15, 0.2) is 5.75 Å². The number of carbonyl (C=O) groups is 1. The van der Waals surface area contributed by atoms with E-state index in [1.54, 1.807) is 0 Å². The fourth-order valence-electron chi connectivity index (χ4n) is 0.710. The first-order valence-electron chi connectivity index (χ1n) is 3.38. The second-order valence-electron chi connectivity index (χ2n) is 2.15. The molecular formula is C8H3Cl2NO3. The molecule has 0 saturated heterocycles. The molecule has 0 radical (unpaired) electrons. The van der Waals surface area contributed by atoms with Crippen LogP contribution in [-0.2, 0) is 4.79 Å². The maximum Gasteiger partial charge on any atom is 0.450 e. The van der Waals surface area contributed by atoms with E-state index in [-0.39, 0.29) is 10.8 Å². The monoisotopic (exact) mass is 231 g/mol. The van der Waals surface area contributed by atoms with Gasteiger partial charge in [-0.15, -0.1) is 0 Å². The molecule has 0 saturated carbocycles. The highest BCUT2D eigenvalue weighted by Crippen LogP contribution is 2.27. The molecule has 0 aliphatic carbocycles. The van der Waals surface area contributed by atoms with Gasteiger partial charge >= 0.3 is 6.09 Å². The molecule has 0 atom stereocenters. The van der Waals surface area contributed by atoms with Crippen LogP contribution in [0.1, 0.15) is 0 Å². The zero-order chi connectivity index (χ0) is 10.6. The summed E-state index contributed by atoms with van der Waals surface area (Å²) in [5, 5.41) is 0.552. The lowest BCUT2D eigenvalue weighted by Gasteiger charge is -2.02. The number of aliphatic imine (C=N–C) groups is 1. The van der Waals surface area contributed by atoms with E-state index in [1.807, 2.05) is 0 Å². The van der Waals surface area contributed by atoms with Crippen LogP contribution in [0.3, 0.4) is 0 Å². The molecule has 0 spiro atoms. The molecule has 0 aromatic heterocycles. The number of benzene rings is 1. The number of carbonyl (C=O) groups excluding carboxylic acids is 2. The predicted octanol–water partition coefficient (Wildman–Crippen LogP) is 2.83. The van der Waals surface area contributed by atoms with Crippen molar-refractivity contribution in [2.24, 2.45) is 4.99 Å². The number of halogens is 2. The Labute approximate surface area is 89.1 Å². The molecule has 0 fully saturated rings. The van der Waals surface area contributed by atoms with Gasteiger partial charge in [0.1, 0.15) is 0 Å². The van der Waals surface area contributed by atoms with Gasteiger partial charge in [-0.25, -0.2) is 9.59 Å². The second kappa shape index (κ2) is 4.77. The van der Waals surface area contributed by atoms with Crippen molar-refractivity contribution in [3.63, 3.8) is 0 Å². The van der Waals surface area contributed by atoms with E-state index in [0.29, 0.717) is 5.02 Å². The largest absolute Gasteiger partial charge is 0.450 e. The Morgan fingerprint density at radius 2 is 2.14 bits per heavy atom. The van der Waals surface area contributed by atoms with Crippen LogP contribution < -0.4 is 4.74 Å². The summed E-state index contributed by atoms with van der Waals surface area (Å²) in [7, 11) is 0. The number of hydrogen-bond acceptors (Lipinski definition) is 3. The number of isocyanates is 1. The van der Waals surface area contributed by atoms with Gasteiger partial charge in [-0.3, -0.25) is 0 Å². The molecular weight excluding hydrogens is 229 g/mol. The highest BCUT2D eigenvalue weighted by molar-refractivity contribution is 6.34. The third-order valence-electron chi connectivity index (χ3n) is 1.23. The molecule has 4 nitrogen and oxygen atoms in total. The molecule has 0 unspecified atom stereocenters. The van der Waals surface area contributed by atoms with Gasteiger partial charge < -0.3 is 4.74 Å². The van der Waals surface area contributed by atoms with E-state index in [9.17, 15) is 9.59 Å². The van der Waals surface area contributed by atoms with Crippen molar-refractivity contribution >= 4 is 35.4 Å². The smallest absolute Gasteiger partial charge is 0.407 e.